The van der Waals surface area contributed by atoms with Crippen molar-refractivity contribution in [1.82, 2.24) is 19.9 Å². The monoisotopic (exact) mass is 446 g/mol. The normalized spacial score (nSPS) is 15.0. The number of hydrogen-bond donors (Lipinski definition) is 0. The number of aryl methyl sites for hydroxylation is 3. The van der Waals surface area contributed by atoms with Gasteiger partial charge in [0.2, 0.25) is 5.91 Å². The Hall–Kier alpha value is -2.99. The van der Waals surface area contributed by atoms with Crippen molar-refractivity contribution in [3.8, 4) is 0 Å². The molecule has 3 aromatic rings. The molecule has 6 nitrogen and oxygen atoms in total. The van der Waals surface area contributed by atoms with E-state index in [1.165, 1.54) is 11.1 Å². The first-order valence-electron chi connectivity index (χ1n) is 11.8. The van der Waals surface area contributed by atoms with E-state index in [1.54, 1.807) is 6.20 Å². The summed E-state index contributed by atoms with van der Waals surface area (Å²) in [4.78, 5) is 22.1. The van der Waals surface area contributed by atoms with Crippen LogP contribution in [0.25, 0.3) is 0 Å². The standard InChI is InChI=1S/C27H34N4O2/c1-20-7-4-5-9-25(20)19-30-13-10-23(11-14-30)17-31(18-24-8-6-12-28-16-24)27(32)15-26-21(2)29-33-22(26)3/h4-9,12,16,23H,10-11,13-15,17-19H2,1-3H3. The minimum Gasteiger partial charge on any atom is -0.361 e. The van der Waals surface area contributed by atoms with Gasteiger partial charge in [-0.15, -0.1) is 0 Å². The number of hydrogen-bond acceptors (Lipinski definition) is 5. The van der Waals surface area contributed by atoms with Gasteiger partial charge in [-0.1, -0.05) is 35.5 Å². The summed E-state index contributed by atoms with van der Waals surface area (Å²) in [7, 11) is 0. The van der Waals surface area contributed by atoms with Crippen LogP contribution < -0.4 is 0 Å². The molecule has 3 heterocycles. The van der Waals surface area contributed by atoms with Gasteiger partial charge in [-0.3, -0.25) is 14.7 Å². The molecule has 0 radical (unpaired) electrons. The predicted molar refractivity (Wildman–Crippen MR) is 129 cm³/mol. The number of pyridine rings is 1. The molecule has 1 fully saturated rings. The lowest BCUT2D eigenvalue weighted by molar-refractivity contribution is -0.132. The molecule has 1 aliphatic rings. The van der Waals surface area contributed by atoms with Gasteiger partial charge in [0, 0.05) is 37.6 Å². The van der Waals surface area contributed by atoms with E-state index < -0.39 is 0 Å². The highest BCUT2D eigenvalue weighted by Gasteiger charge is 2.25. The van der Waals surface area contributed by atoms with Gasteiger partial charge < -0.3 is 9.42 Å². The average Bonchev–Trinajstić information content (AvgIpc) is 3.14. The Morgan fingerprint density at radius 1 is 1.12 bits per heavy atom. The van der Waals surface area contributed by atoms with E-state index in [-0.39, 0.29) is 5.91 Å². The molecule has 0 spiro atoms. The summed E-state index contributed by atoms with van der Waals surface area (Å²) in [5.41, 5.74) is 5.52. The lowest BCUT2D eigenvalue weighted by atomic mass is 9.95. The lowest BCUT2D eigenvalue weighted by Crippen LogP contribution is -2.41. The molecule has 4 rings (SSSR count). The number of aromatic nitrogens is 2. The van der Waals surface area contributed by atoms with Crippen LogP contribution in [0.1, 0.15) is 46.5 Å². The Kier molecular flexibility index (Phi) is 7.55. The zero-order chi connectivity index (χ0) is 23.2. The number of amides is 1. The van der Waals surface area contributed by atoms with Crippen molar-refractivity contribution in [2.45, 2.75) is 53.1 Å². The first kappa shape index (κ1) is 23.2. The second-order valence-corrected chi connectivity index (χ2v) is 9.26. The number of nitrogens with zero attached hydrogens (tertiary/aromatic N) is 4. The maximum atomic E-state index is 13.4. The zero-order valence-corrected chi connectivity index (χ0v) is 20.0. The van der Waals surface area contributed by atoms with Crippen molar-refractivity contribution in [2.24, 2.45) is 5.92 Å². The van der Waals surface area contributed by atoms with Crippen molar-refractivity contribution in [2.75, 3.05) is 19.6 Å². The molecular formula is C27H34N4O2. The topological polar surface area (TPSA) is 62.5 Å². The lowest BCUT2D eigenvalue weighted by Gasteiger charge is -2.35. The van der Waals surface area contributed by atoms with Gasteiger partial charge in [-0.2, -0.15) is 0 Å². The van der Waals surface area contributed by atoms with E-state index in [0.717, 1.165) is 61.6 Å². The molecule has 0 N–H and O–H groups in total. The SMILES string of the molecule is Cc1ccccc1CN1CCC(CN(Cc2cccnc2)C(=O)Cc2c(C)noc2C)CC1. The highest BCUT2D eigenvalue weighted by molar-refractivity contribution is 5.79. The molecule has 0 saturated carbocycles. The number of carbonyl (C=O) groups is 1. The number of likely N-dealkylation sites (tertiary alicyclic amines) is 1. The summed E-state index contributed by atoms with van der Waals surface area (Å²) in [6.07, 6.45) is 6.15. The van der Waals surface area contributed by atoms with Crippen LogP contribution in [-0.4, -0.2) is 45.5 Å². The van der Waals surface area contributed by atoms with Gasteiger partial charge in [0.1, 0.15) is 5.76 Å². The first-order chi connectivity index (χ1) is 16.0. The third kappa shape index (κ3) is 6.08. The Balaban J connectivity index is 1.39. The van der Waals surface area contributed by atoms with Crippen molar-refractivity contribution in [3.63, 3.8) is 0 Å². The molecule has 0 bridgehead atoms. The highest BCUT2D eigenvalue weighted by atomic mass is 16.5. The Morgan fingerprint density at radius 2 is 1.91 bits per heavy atom. The second kappa shape index (κ2) is 10.8. The van der Waals surface area contributed by atoms with Crippen LogP contribution >= 0.6 is 0 Å². The molecule has 0 unspecified atom stereocenters. The zero-order valence-electron chi connectivity index (χ0n) is 20.0. The second-order valence-electron chi connectivity index (χ2n) is 9.26. The van der Waals surface area contributed by atoms with Crippen molar-refractivity contribution in [1.29, 1.82) is 0 Å². The smallest absolute Gasteiger partial charge is 0.227 e. The molecule has 1 amide bonds. The highest BCUT2D eigenvalue weighted by Crippen LogP contribution is 2.23. The fourth-order valence-corrected chi connectivity index (χ4v) is 4.65. The number of piperidine rings is 1. The van der Waals surface area contributed by atoms with E-state index in [9.17, 15) is 4.79 Å². The molecular weight excluding hydrogens is 412 g/mol. The molecule has 174 valence electrons. The van der Waals surface area contributed by atoms with E-state index in [0.29, 0.717) is 18.9 Å². The summed E-state index contributed by atoms with van der Waals surface area (Å²) >= 11 is 0. The van der Waals surface area contributed by atoms with Gasteiger partial charge in [-0.05, 0) is 75.4 Å². The number of rotatable bonds is 8. The van der Waals surface area contributed by atoms with E-state index in [4.69, 9.17) is 4.52 Å². The Bertz CT molecular complexity index is 1040. The Labute approximate surface area is 196 Å². The molecule has 0 atom stereocenters. The summed E-state index contributed by atoms with van der Waals surface area (Å²) in [6, 6.07) is 12.6. The van der Waals surface area contributed by atoms with Crippen LogP contribution in [0.3, 0.4) is 0 Å². The fraction of sp³-hybridized carbons (Fsp3) is 0.444. The van der Waals surface area contributed by atoms with E-state index in [1.807, 2.05) is 37.1 Å². The van der Waals surface area contributed by atoms with Crippen LogP contribution in [0.2, 0.25) is 0 Å². The molecule has 6 heteroatoms. The third-order valence-corrected chi connectivity index (χ3v) is 6.80. The van der Waals surface area contributed by atoms with Crippen LogP contribution in [0.5, 0.6) is 0 Å². The van der Waals surface area contributed by atoms with Crippen LogP contribution in [0.15, 0.2) is 53.3 Å². The van der Waals surface area contributed by atoms with Gasteiger partial charge in [0.25, 0.3) is 0 Å². The fourth-order valence-electron chi connectivity index (χ4n) is 4.65. The van der Waals surface area contributed by atoms with Gasteiger partial charge in [-0.25, -0.2) is 0 Å². The number of benzene rings is 1. The quantitative estimate of drug-likeness (QED) is 0.511. The molecule has 33 heavy (non-hydrogen) atoms. The average molecular weight is 447 g/mol. The Morgan fingerprint density at radius 3 is 2.58 bits per heavy atom. The first-order valence-corrected chi connectivity index (χ1v) is 11.8. The van der Waals surface area contributed by atoms with Crippen molar-refractivity contribution >= 4 is 5.91 Å². The predicted octanol–water partition coefficient (Wildman–Crippen LogP) is 4.48. The van der Waals surface area contributed by atoms with Crippen LogP contribution in [0, 0.1) is 26.7 Å². The third-order valence-electron chi connectivity index (χ3n) is 6.80. The molecule has 1 saturated heterocycles. The van der Waals surface area contributed by atoms with Gasteiger partial charge in [0.15, 0.2) is 0 Å². The van der Waals surface area contributed by atoms with E-state index in [2.05, 4.69) is 46.2 Å². The van der Waals surface area contributed by atoms with Gasteiger partial charge >= 0.3 is 0 Å². The maximum absolute atomic E-state index is 13.4. The van der Waals surface area contributed by atoms with Crippen molar-refractivity contribution in [3.05, 3.63) is 82.5 Å². The van der Waals surface area contributed by atoms with Crippen LogP contribution in [-0.2, 0) is 24.3 Å². The van der Waals surface area contributed by atoms with Gasteiger partial charge in [0.05, 0.1) is 12.1 Å². The van der Waals surface area contributed by atoms with Crippen molar-refractivity contribution < 1.29 is 9.32 Å². The van der Waals surface area contributed by atoms with E-state index >= 15 is 0 Å². The molecule has 1 aromatic carbocycles. The minimum atomic E-state index is 0.121. The summed E-state index contributed by atoms with van der Waals surface area (Å²) in [6.45, 7) is 10.4. The maximum Gasteiger partial charge on any atom is 0.227 e. The molecule has 2 aromatic heterocycles. The molecule has 0 aliphatic carbocycles. The molecule has 1 aliphatic heterocycles. The minimum absolute atomic E-state index is 0.121. The largest absolute Gasteiger partial charge is 0.361 e. The number of carbonyl (C=O) groups excluding carboxylic acids is 1. The summed E-state index contributed by atoms with van der Waals surface area (Å²) in [5, 5.41) is 4.02. The summed E-state index contributed by atoms with van der Waals surface area (Å²) in [5.74, 6) is 1.35. The summed E-state index contributed by atoms with van der Waals surface area (Å²) < 4.78 is 5.28. The van der Waals surface area contributed by atoms with Crippen LogP contribution in [0.4, 0.5) is 0 Å².